The number of nitrogens with one attached hydrogen (secondary N) is 2. The summed E-state index contributed by atoms with van der Waals surface area (Å²) in [4.78, 5) is 31.0. The molecule has 8 saturated carbocycles. The molecule has 5 heteroatoms. The summed E-state index contributed by atoms with van der Waals surface area (Å²) >= 11 is 0. The minimum Gasteiger partial charge on any atom is -0.324 e. The predicted molar refractivity (Wildman–Crippen MR) is 123 cm³/mol. The van der Waals surface area contributed by atoms with Gasteiger partial charge in [-0.25, -0.2) is 4.98 Å². The molecule has 0 spiro atoms. The fourth-order valence-corrected chi connectivity index (χ4v) is 9.83. The van der Waals surface area contributed by atoms with Crippen LogP contribution in [0.5, 0.6) is 0 Å². The number of aromatic nitrogens is 1. The van der Waals surface area contributed by atoms with E-state index in [2.05, 4.69) is 15.6 Å². The second kappa shape index (κ2) is 6.80. The van der Waals surface area contributed by atoms with Crippen LogP contribution in [0.25, 0.3) is 0 Å². The molecule has 8 aliphatic carbocycles. The van der Waals surface area contributed by atoms with Crippen molar-refractivity contribution >= 4 is 23.3 Å². The van der Waals surface area contributed by atoms with Gasteiger partial charge in [0.15, 0.2) is 0 Å². The molecule has 8 aliphatic rings. The monoisotopic (exact) mass is 433 g/mol. The third-order valence-electron chi connectivity index (χ3n) is 10.3. The van der Waals surface area contributed by atoms with Crippen LogP contribution in [0.2, 0.25) is 0 Å². The molecule has 0 unspecified atom stereocenters. The Morgan fingerprint density at radius 2 is 1.06 bits per heavy atom. The summed E-state index contributed by atoms with van der Waals surface area (Å²) in [6.45, 7) is 0. The summed E-state index contributed by atoms with van der Waals surface area (Å²) in [6, 6.07) is 3.76. The second-order valence-corrected chi connectivity index (χ2v) is 12.7. The van der Waals surface area contributed by atoms with Crippen molar-refractivity contribution in [3.05, 3.63) is 18.3 Å². The van der Waals surface area contributed by atoms with Crippen LogP contribution in [0.15, 0.2) is 18.3 Å². The zero-order valence-electron chi connectivity index (χ0n) is 18.9. The minimum atomic E-state index is -0.165. The number of pyridine rings is 1. The third kappa shape index (κ3) is 3.06. The smallest absolute Gasteiger partial charge is 0.231 e. The average molecular weight is 434 g/mol. The van der Waals surface area contributed by atoms with Gasteiger partial charge in [-0.2, -0.15) is 0 Å². The van der Waals surface area contributed by atoms with Crippen LogP contribution >= 0.6 is 0 Å². The Balaban J connectivity index is 1.02. The van der Waals surface area contributed by atoms with Crippen molar-refractivity contribution in [2.45, 2.75) is 77.0 Å². The lowest BCUT2D eigenvalue weighted by molar-refractivity contribution is -0.141. The van der Waals surface area contributed by atoms with E-state index >= 15 is 0 Å². The molecule has 1 aromatic heterocycles. The van der Waals surface area contributed by atoms with E-state index < -0.39 is 0 Å². The topological polar surface area (TPSA) is 71.1 Å². The van der Waals surface area contributed by atoms with Crippen LogP contribution in [-0.2, 0) is 9.59 Å². The summed E-state index contributed by atoms with van der Waals surface area (Å²) in [5.74, 6) is 5.51. The van der Waals surface area contributed by atoms with Crippen LogP contribution in [0.3, 0.4) is 0 Å². The highest BCUT2D eigenvalue weighted by molar-refractivity contribution is 5.97. The highest BCUT2D eigenvalue weighted by Gasteiger charge is 2.55. The van der Waals surface area contributed by atoms with Gasteiger partial charge in [-0.1, -0.05) is 0 Å². The van der Waals surface area contributed by atoms with E-state index in [-0.39, 0.29) is 22.6 Å². The lowest BCUT2D eigenvalue weighted by Gasteiger charge is -2.55. The van der Waals surface area contributed by atoms with Crippen molar-refractivity contribution in [3.63, 3.8) is 0 Å². The first-order chi connectivity index (χ1) is 15.5. The summed E-state index contributed by atoms with van der Waals surface area (Å²) in [6.07, 6.45) is 16.1. The molecule has 8 fully saturated rings. The van der Waals surface area contributed by atoms with Crippen LogP contribution in [0.1, 0.15) is 77.0 Å². The molecule has 0 radical (unpaired) electrons. The number of anilines is 2. The first-order valence-electron chi connectivity index (χ1n) is 13.1. The lowest BCUT2D eigenvalue weighted by atomic mass is 9.49. The number of carbonyl (C=O) groups is 2. The average Bonchev–Trinajstić information content (AvgIpc) is 2.73. The van der Waals surface area contributed by atoms with E-state index in [0.29, 0.717) is 5.82 Å². The zero-order chi connectivity index (χ0) is 21.5. The van der Waals surface area contributed by atoms with Gasteiger partial charge in [0, 0.05) is 0 Å². The molecular weight excluding hydrogens is 398 g/mol. The molecule has 32 heavy (non-hydrogen) atoms. The minimum absolute atomic E-state index is 0.153. The molecule has 1 aromatic rings. The van der Waals surface area contributed by atoms with Crippen LogP contribution in [0, 0.1) is 46.3 Å². The van der Waals surface area contributed by atoms with E-state index in [1.54, 1.807) is 6.20 Å². The van der Waals surface area contributed by atoms with Gasteiger partial charge in [-0.05, 0) is 125 Å². The molecule has 2 amide bonds. The molecule has 1 heterocycles. The van der Waals surface area contributed by atoms with Crippen molar-refractivity contribution in [3.8, 4) is 0 Å². The molecule has 0 saturated heterocycles. The van der Waals surface area contributed by atoms with Gasteiger partial charge in [-0.15, -0.1) is 0 Å². The summed E-state index contributed by atoms with van der Waals surface area (Å²) in [7, 11) is 0. The van der Waals surface area contributed by atoms with E-state index in [4.69, 9.17) is 0 Å². The normalized spacial score (nSPS) is 45.1. The van der Waals surface area contributed by atoms with Gasteiger partial charge in [-0.3, -0.25) is 9.59 Å². The number of carbonyl (C=O) groups excluding carboxylic acids is 2. The number of hydrogen-bond donors (Lipinski definition) is 2. The van der Waals surface area contributed by atoms with Gasteiger partial charge >= 0.3 is 0 Å². The highest BCUT2D eigenvalue weighted by atomic mass is 16.2. The maximum Gasteiger partial charge on any atom is 0.231 e. The lowest BCUT2D eigenvalue weighted by Crippen LogP contribution is -2.52. The summed E-state index contributed by atoms with van der Waals surface area (Å²) in [5.41, 5.74) is 0.431. The maximum atomic E-state index is 13.3. The SMILES string of the molecule is O=C(Nc1ccc(NC(=O)C23CC4CC(CC(C4)C2)C3)nc1)C12CC3CC(CC(C3)C1)C2. The van der Waals surface area contributed by atoms with Crippen molar-refractivity contribution < 1.29 is 9.59 Å². The first-order valence-corrected chi connectivity index (χ1v) is 13.1. The fraction of sp³-hybridized carbons (Fsp3) is 0.741. The van der Waals surface area contributed by atoms with Crippen molar-refractivity contribution in [1.82, 2.24) is 4.98 Å². The van der Waals surface area contributed by atoms with E-state index in [9.17, 15) is 9.59 Å². The Morgan fingerprint density at radius 1 is 0.656 bits per heavy atom. The third-order valence-corrected chi connectivity index (χ3v) is 10.3. The van der Waals surface area contributed by atoms with Gasteiger partial charge in [0.25, 0.3) is 0 Å². The molecule has 8 bridgehead atoms. The fourth-order valence-electron chi connectivity index (χ4n) is 9.83. The Hall–Kier alpha value is -1.91. The molecule has 170 valence electrons. The molecule has 0 aliphatic heterocycles. The van der Waals surface area contributed by atoms with Crippen molar-refractivity contribution in [2.24, 2.45) is 46.3 Å². The second-order valence-electron chi connectivity index (χ2n) is 12.7. The molecule has 5 nitrogen and oxygen atoms in total. The zero-order valence-corrected chi connectivity index (χ0v) is 18.9. The maximum absolute atomic E-state index is 13.3. The van der Waals surface area contributed by atoms with E-state index in [0.717, 1.165) is 79.7 Å². The highest BCUT2D eigenvalue weighted by Crippen LogP contribution is 2.61. The predicted octanol–water partition coefficient (Wildman–Crippen LogP) is 5.39. The Kier molecular flexibility index (Phi) is 4.16. The summed E-state index contributed by atoms with van der Waals surface area (Å²) < 4.78 is 0. The van der Waals surface area contributed by atoms with Crippen molar-refractivity contribution in [2.75, 3.05) is 10.6 Å². The molecule has 9 rings (SSSR count). The van der Waals surface area contributed by atoms with E-state index in [1.165, 1.54) is 38.5 Å². The van der Waals surface area contributed by atoms with Gasteiger partial charge in [0.05, 0.1) is 22.7 Å². The van der Waals surface area contributed by atoms with Gasteiger partial charge < -0.3 is 10.6 Å². The Labute approximate surface area is 190 Å². The Bertz CT molecular complexity index is 805. The molecule has 2 N–H and O–H groups in total. The van der Waals surface area contributed by atoms with Gasteiger partial charge in [0.2, 0.25) is 11.8 Å². The van der Waals surface area contributed by atoms with Crippen LogP contribution < -0.4 is 10.6 Å². The number of rotatable bonds is 4. The molecule has 0 aromatic carbocycles. The van der Waals surface area contributed by atoms with Crippen LogP contribution in [0.4, 0.5) is 11.5 Å². The number of hydrogen-bond acceptors (Lipinski definition) is 3. The largest absolute Gasteiger partial charge is 0.324 e. The van der Waals surface area contributed by atoms with E-state index in [1.807, 2.05) is 12.1 Å². The quantitative estimate of drug-likeness (QED) is 0.669. The summed E-state index contributed by atoms with van der Waals surface area (Å²) in [5, 5.41) is 6.30. The van der Waals surface area contributed by atoms with Crippen molar-refractivity contribution in [1.29, 1.82) is 0 Å². The Morgan fingerprint density at radius 3 is 1.44 bits per heavy atom. The number of nitrogens with zero attached hydrogens (tertiary/aromatic N) is 1. The standard InChI is InChI=1S/C27H35N3O2/c31-24(26-9-16-3-17(10-26)5-18(4-16)11-26)29-22-1-2-23(28-15-22)30-25(32)27-12-19-6-20(13-27)8-21(7-19)14-27/h1-2,15-21H,3-14H2,(H,29,31)(H,28,30,32). The van der Waals surface area contributed by atoms with Gasteiger partial charge in [0.1, 0.15) is 5.82 Å². The molecular formula is C27H35N3O2. The first kappa shape index (κ1) is 19.5. The molecule has 0 atom stereocenters. The number of amides is 2. The van der Waals surface area contributed by atoms with Crippen LogP contribution in [-0.4, -0.2) is 16.8 Å².